The SMILES string of the molecule is OC1CCCN(c2cc(C(F)(F)F)nc3c(C(F)(F)F)cccc23)C1. The summed E-state index contributed by atoms with van der Waals surface area (Å²) in [4.78, 5) is 4.73. The molecule has 0 spiro atoms. The molecule has 9 heteroatoms. The second kappa shape index (κ2) is 6.05. The molecule has 1 N–H and O–H groups in total. The predicted molar refractivity (Wildman–Crippen MR) is 79.2 cm³/mol. The molecule has 2 aromatic rings. The number of hydrogen-bond acceptors (Lipinski definition) is 3. The normalized spacial score (nSPS) is 19.5. The molecule has 1 saturated heterocycles. The van der Waals surface area contributed by atoms with Gasteiger partial charge in [-0.3, -0.25) is 0 Å². The van der Waals surface area contributed by atoms with Gasteiger partial charge in [0.05, 0.1) is 17.2 Å². The summed E-state index contributed by atoms with van der Waals surface area (Å²) in [6, 6.07) is 3.92. The van der Waals surface area contributed by atoms with Crippen molar-refractivity contribution in [1.29, 1.82) is 0 Å². The van der Waals surface area contributed by atoms with E-state index in [0.29, 0.717) is 25.5 Å². The lowest BCUT2D eigenvalue weighted by atomic mass is 10.0. The van der Waals surface area contributed by atoms with Crippen molar-refractivity contribution in [3.8, 4) is 0 Å². The first-order valence-corrected chi connectivity index (χ1v) is 7.58. The minimum absolute atomic E-state index is 0.00201. The number of pyridine rings is 1. The van der Waals surface area contributed by atoms with Crippen LogP contribution in [-0.2, 0) is 12.4 Å². The second-order valence-corrected chi connectivity index (χ2v) is 5.97. The Morgan fingerprint density at radius 2 is 1.80 bits per heavy atom. The molecule has 0 bridgehead atoms. The Hall–Kier alpha value is -2.03. The van der Waals surface area contributed by atoms with E-state index in [1.807, 2.05) is 0 Å². The topological polar surface area (TPSA) is 36.4 Å². The highest BCUT2D eigenvalue weighted by Gasteiger charge is 2.38. The van der Waals surface area contributed by atoms with Crippen molar-refractivity contribution in [3.63, 3.8) is 0 Å². The van der Waals surface area contributed by atoms with Gasteiger partial charge in [-0.25, -0.2) is 4.98 Å². The van der Waals surface area contributed by atoms with Crippen LogP contribution in [0.1, 0.15) is 24.1 Å². The smallest absolute Gasteiger partial charge is 0.391 e. The molecular weight excluding hydrogens is 350 g/mol. The summed E-state index contributed by atoms with van der Waals surface area (Å²) in [7, 11) is 0. The number of benzene rings is 1. The van der Waals surface area contributed by atoms with E-state index in [4.69, 9.17) is 0 Å². The fourth-order valence-electron chi connectivity index (χ4n) is 3.04. The van der Waals surface area contributed by atoms with Gasteiger partial charge in [0.15, 0.2) is 0 Å². The van der Waals surface area contributed by atoms with Crippen molar-refractivity contribution in [3.05, 3.63) is 35.5 Å². The fraction of sp³-hybridized carbons (Fsp3) is 0.438. The van der Waals surface area contributed by atoms with Crippen molar-refractivity contribution in [2.24, 2.45) is 0 Å². The fourth-order valence-corrected chi connectivity index (χ4v) is 3.04. The third-order valence-corrected chi connectivity index (χ3v) is 4.15. The molecule has 0 radical (unpaired) electrons. The number of nitrogens with zero attached hydrogens (tertiary/aromatic N) is 2. The van der Waals surface area contributed by atoms with Crippen LogP contribution in [0.5, 0.6) is 0 Å². The number of alkyl halides is 6. The molecule has 1 aliphatic heterocycles. The van der Waals surface area contributed by atoms with E-state index in [2.05, 4.69) is 4.98 Å². The Morgan fingerprint density at radius 1 is 1.08 bits per heavy atom. The Kier molecular flexibility index (Phi) is 4.30. The number of fused-ring (bicyclic) bond motifs is 1. The van der Waals surface area contributed by atoms with Gasteiger partial charge >= 0.3 is 12.4 Å². The highest BCUT2D eigenvalue weighted by Crippen LogP contribution is 2.40. The lowest BCUT2D eigenvalue weighted by Crippen LogP contribution is -2.38. The van der Waals surface area contributed by atoms with Crippen LogP contribution in [0.2, 0.25) is 0 Å². The summed E-state index contributed by atoms with van der Waals surface area (Å²) in [5.74, 6) is 0. The summed E-state index contributed by atoms with van der Waals surface area (Å²) < 4.78 is 79.1. The summed E-state index contributed by atoms with van der Waals surface area (Å²) in [5, 5.41) is 9.75. The zero-order valence-electron chi connectivity index (χ0n) is 12.8. The minimum atomic E-state index is -4.88. The first kappa shape index (κ1) is 17.8. The largest absolute Gasteiger partial charge is 0.433 e. The van der Waals surface area contributed by atoms with E-state index in [-0.39, 0.29) is 17.6 Å². The van der Waals surface area contributed by atoms with Crippen molar-refractivity contribution < 1.29 is 31.4 Å². The molecule has 1 atom stereocenters. The molecule has 25 heavy (non-hydrogen) atoms. The number of aromatic nitrogens is 1. The van der Waals surface area contributed by atoms with E-state index < -0.39 is 35.2 Å². The van der Waals surface area contributed by atoms with Crippen LogP contribution in [0.15, 0.2) is 24.3 Å². The van der Waals surface area contributed by atoms with Crippen molar-refractivity contribution in [1.82, 2.24) is 4.98 Å². The van der Waals surface area contributed by atoms with Gasteiger partial charge in [0.1, 0.15) is 5.69 Å². The molecule has 3 nitrogen and oxygen atoms in total. The molecule has 136 valence electrons. The summed E-state index contributed by atoms with van der Waals surface area (Å²) in [5.41, 5.74) is -3.33. The zero-order valence-corrected chi connectivity index (χ0v) is 12.8. The molecule has 1 aromatic carbocycles. The van der Waals surface area contributed by atoms with E-state index in [1.54, 1.807) is 0 Å². The maximum Gasteiger partial charge on any atom is 0.433 e. The number of aliphatic hydroxyl groups is 1. The molecule has 1 aliphatic rings. The lowest BCUT2D eigenvalue weighted by Gasteiger charge is -2.33. The summed E-state index contributed by atoms with van der Waals surface area (Å²) in [6.45, 7) is 0.413. The van der Waals surface area contributed by atoms with Crippen molar-refractivity contribution in [2.75, 3.05) is 18.0 Å². The number of halogens is 6. The average molecular weight is 364 g/mol. The first-order valence-electron chi connectivity index (χ1n) is 7.58. The van der Waals surface area contributed by atoms with E-state index >= 15 is 0 Å². The van der Waals surface area contributed by atoms with E-state index in [9.17, 15) is 31.4 Å². The number of rotatable bonds is 1. The van der Waals surface area contributed by atoms with Gasteiger partial charge in [-0.1, -0.05) is 12.1 Å². The minimum Gasteiger partial charge on any atom is -0.391 e. The van der Waals surface area contributed by atoms with Crippen LogP contribution in [0.4, 0.5) is 32.0 Å². The number of piperidine rings is 1. The first-order chi connectivity index (χ1) is 11.6. The number of β-amino-alcohol motifs (C(OH)–C–C–N with tert-alkyl or cyclic N) is 1. The van der Waals surface area contributed by atoms with Crippen LogP contribution in [0.3, 0.4) is 0 Å². The second-order valence-electron chi connectivity index (χ2n) is 5.97. The Bertz CT molecular complexity index is 787. The quantitative estimate of drug-likeness (QED) is 0.770. The Morgan fingerprint density at radius 3 is 2.40 bits per heavy atom. The molecule has 1 unspecified atom stereocenters. The van der Waals surface area contributed by atoms with Crippen LogP contribution in [-0.4, -0.2) is 29.3 Å². The number of anilines is 1. The number of hydrogen-bond donors (Lipinski definition) is 1. The van der Waals surface area contributed by atoms with Gasteiger partial charge in [-0.05, 0) is 25.0 Å². The van der Waals surface area contributed by atoms with Gasteiger partial charge in [0, 0.05) is 24.2 Å². The van der Waals surface area contributed by atoms with Gasteiger partial charge in [-0.2, -0.15) is 26.3 Å². The highest BCUT2D eigenvalue weighted by atomic mass is 19.4. The molecule has 1 aromatic heterocycles. The summed E-state index contributed by atoms with van der Waals surface area (Å²) >= 11 is 0. The molecule has 1 fully saturated rings. The molecule has 0 saturated carbocycles. The third kappa shape index (κ3) is 3.51. The lowest BCUT2D eigenvalue weighted by molar-refractivity contribution is -0.142. The Labute approximate surface area is 138 Å². The van der Waals surface area contributed by atoms with Gasteiger partial charge in [0.25, 0.3) is 0 Å². The van der Waals surface area contributed by atoms with Crippen LogP contribution in [0, 0.1) is 0 Å². The van der Waals surface area contributed by atoms with Gasteiger partial charge in [-0.15, -0.1) is 0 Å². The highest BCUT2D eigenvalue weighted by molar-refractivity contribution is 5.94. The van der Waals surface area contributed by atoms with E-state index in [1.165, 1.54) is 11.0 Å². The van der Waals surface area contributed by atoms with Gasteiger partial charge < -0.3 is 10.0 Å². The van der Waals surface area contributed by atoms with Crippen molar-refractivity contribution >= 4 is 16.6 Å². The zero-order chi connectivity index (χ0) is 18.4. The molecular formula is C16H14F6N2O. The molecule has 2 heterocycles. The van der Waals surface area contributed by atoms with Crippen LogP contribution >= 0.6 is 0 Å². The average Bonchev–Trinajstić information content (AvgIpc) is 2.51. The van der Waals surface area contributed by atoms with E-state index in [0.717, 1.165) is 12.1 Å². The summed E-state index contributed by atoms with van der Waals surface area (Å²) in [6.07, 6.45) is -9.41. The monoisotopic (exact) mass is 364 g/mol. The van der Waals surface area contributed by atoms with Gasteiger partial charge in [0.2, 0.25) is 0 Å². The van der Waals surface area contributed by atoms with Crippen LogP contribution in [0.25, 0.3) is 10.9 Å². The maximum atomic E-state index is 13.2. The molecule has 0 aliphatic carbocycles. The molecule has 3 rings (SSSR count). The standard InChI is InChI=1S/C16H14F6N2O/c17-15(18,19)11-5-1-4-10-12(24-6-2-3-9(25)8-24)7-13(16(20,21)22)23-14(10)11/h1,4-5,7,9,25H,2-3,6,8H2. The van der Waals surface area contributed by atoms with Crippen molar-refractivity contribution in [2.45, 2.75) is 31.3 Å². The third-order valence-electron chi connectivity index (χ3n) is 4.15. The Balaban J connectivity index is 2.27. The predicted octanol–water partition coefficient (Wildman–Crippen LogP) is 4.23. The van der Waals surface area contributed by atoms with Crippen LogP contribution < -0.4 is 4.90 Å². The molecule has 0 amide bonds. The number of aliphatic hydroxyl groups excluding tert-OH is 1. The maximum absolute atomic E-state index is 13.2. The number of para-hydroxylation sites is 1.